The molecule has 2 unspecified atom stereocenters. The Morgan fingerprint density at radius 2 is 2.06 bits per heavy atom. The van der Waals surface area contributed by atoms with Crippen LogP contribution in [0.1, 0.15) is 39.5 Å². The van der Waals surface area contributed by atoms with Gasteiger partial charge < -0.3 is 16.0 Å². The smallest absolute Gasteiger partial charge is 0.317 e. The molecular formula is C12H25N3O. The van der Waals surface area contributed by atoms with E-state index >= 15 is 0 Å². The third kappa shape index (κ3) is 3.11. The third-order valence-electron chi connectivity index (χ3n) is 3.50. The van der Waals surface area contributed by atoms with Gasteiger partial charge in [0.15, 0.2) is 0 Å². The van der Waals surface area contributed by atoms with Gasteiger partial charge in [-0.3, -0.25) is 0 Å². The first-order valence-electron chi connectivity index (χ1n) is 6.49. The molecule has 1 aliphatic rings. The Morgan fingerprint density at radius 1 is 1.38 bits per heavy atom. The Kier molecular flexibility index (Phi) is 5.60. The molecule has 0 aromatic carbocycles. The number of amides is 2. The lowest BCUT2D eigenvalue weighted by Crippen LogP contribution is -2.51. The Morgan fingerprint density at radius 3 is 2.62 bits per heavy atom. The number of nitrogens with zero attached hydrogens (tertiary/aromatic N) is 1. The zero-order valence-corrected chi connectivity index (χ0v) is 10.5. The number of carbonyl (C=O) groups is 1. The largest absolute Gasteiger partial charge is 0.338 e. The second kappa shape index (κ2) is 6.74. The van der Waals surface area contributed by atoms with Gasteiger partial charge in [0.1, 0.15) is 0 Å². The lowest BCUT2D eigenvalue weighted by atomic mass is 9.83. The fraction of sp³-hybridized carbons (Fsp3) is 0.917. The van der Waals surface area contributed by atoms with Crippen molar-refractivity contribution in [2.24, 2.45) is 11.7 Å². The number of nitrogens with one attached hydrogen (secondary N) is 1. The van der Waals surface area contributed by atoms with E-state index in [2.05, 4.69) is 5.32 Å². The first-order chi connectivity index (χ1) is 7.74. The lowest BCUT2D eigenvalue weighted by Gasteiger charge is -2.39. The van der Waals surface area contributed by atoms with Crippen LogP contribution in [0.15, 0.2) is 0 Å². The van der Waals surface area contributed by atoms with Crippen molar-refractivity contribution in [1.82, 2.24) is 10.2 Å². The summed E-state index contributed by atoms with van der Waals surface area (Å²) in [6.45, 7) is 6.15. The second-order valence-electron chi connectivity index (χ2n) is 4.47. The van der Waals surface area contributed by atoms with Crippen LogP contribution >= 0.6 is 0 Å². The van der Waals surface area contributed by atoms with Crippen LogP contribution in [0.25, 0.3) is 0 Å². The summed E-state index contributed by atoms with van der Waals surface area (Å²) in [4.78, 5) is 13.9. The molecule has 0 spiro atoms. The quantitative estimate of drug-likeness (QED) is 0.765. The topological polar surface area (TPSA) is 58.4 Å². The minimum absolute atomic E-state index is 0.0651. The molecule has 1 rings (SSSR count). The first kappa shape index (κ1) is 13.3. The van der Waals surface area contributed by atoms with E-state index in [0.29, 0.717) is 25.0 Å². The van der Waals surface area contributed by atoms with E-state index < -0.39 is 0 Å². The normalized spacial score (nSPS) is 25.2. The van der Waals surface area contributed by atoms with Crippen LogP contribution in [0.2, 0.25) is 0 Å². The number of nitrogens with two attached hydrogens (primary N) is 1. The van der Waals surface area contributed by atoms with Crippen LogP contribution in [0.4, 0.5) is 4.79 Å². The van der Waals surface area contributed by atoms with Crippen molar-refractivity contribution in [1.29, 1.82) is 0 Å². The van der Waals surface area contributed by atoms with Crippen molar-refractivity contribution in [3.05, 3.63) is 0 Å². The highest BCUT2D eigenvalue weighted by Gasteiger charge is 2.30. The molecule has 0 bridgehead atoms. The van der Waals surface area contributed by atoms with Crippen LogP contribution in [0.3, 0.4) is 0 Å². The van der Waals surface area contributed by atoms with E-state index in [1.807, 2.05) is 18.7 Å². The molecule has 0 aromatic rings. The zero-order chi connectivity index (χ0) is 12.0. The monoisotopic (exact) mass is 227 g/mol. The molecule has 0 saturated heterocycles. The van der Waals surface area contributed by atoms with Gasteiger partial charge in [0, 0.05) is 19.1 Å². The minimum atomic E-state index is 0.0651. The predicted molar refractivity (Wildman–Crippen MR) is 66.3 cm³/mol. The summed E-state index contributed by atoms with van der Waals surface area (Å²) in [6, 6.07) is 0.408. The molecule has 4 nitrogen and oxygen atoms in total. The average Bonchev–Trinajstić information content (AvgIpc) is 2.31. The fourth-order valence-electron chi connectivity index (χ4n) is 2.65. The van der Waals surface area contributed by atoms with Crippen molar-refractivity contribution < 1.29 is 4.79 Å². The molecule has 16 heavy (non-hydrogen) atoms. The van der Waals surface area contributed by atoms with Crippen LogP contribution in [-0.2, 0) is 0 Å². The zero-order valence-electron chi connectivity index (χ0n) is 10.5. The molecule has 94 valence electrons. The second-order valence-corrected chi connectivity index (χ2v) is 4.47. The summed E-state index contributed by atoms with van der Waals surface area (Å²) in [5.41, 5.74) is 5.80. The van der Waals surface area contributed by atoms with Gasteiger partial charge in [-0.25, -0.2) is 4.79 Å². The van der Waals surface area contributed by atoms with Crippen LogP contribution in [-0.4, -0.2) is 36.6 Å². The van der Waals surface area contributed by atoms with Crippen LogP contribution in [0, 0.1) is 5.92 Å². The molecule has 3 N–H and O–H groups in total. The highest BCUT2D eigenvalue weighted by atomic mass is 16.2. The molecule has 1 saturated carbocycles. The summed E-state index contributed by atoms with van der Waals surface area (Å²) in [5, 5.41) is 2.88. The van der Waals surface area contributed by atoms with Gasteiger partial charge in [0.05, 0.1) is 0 Å². The van der Waals surface area contributed by atoms with Gasteiger partial charge in [-0.15, -0.1) is 0 Å². The standard InChI is InChI=1S/C12H25N3O/c1-3-14-12(16)15(4-2)11-8-6-5-7-10(11)9-13/h10-11H,3-9,13H2,1-2H3,(H,14,16). The van der Waals surface area contributed by atoms with E-state index in [0.717, 1.165) is 19.4 Å². The Balaban J connectivity index is 2.65. The highest BCUT2D eigenvalue weighted by Crippen LogP contribution is 2.27. The summed E-state index contributed by atoms with van der Waals surface area (Å²) >= 11 is 0. The van der Waals surface area contributed by atoms with E-state index in [1.165, 1.54) is 12.8 Å². The molecule has 0 aromatic heterocycles. The van der Waals surface area contributed by atoms with Gasteiger partial charge in [-0.1, -0.05) is 12.8 Å². The Bertz CT molecular complexity index is 220. The van der Waals surface area contributed by atoms with E-state index in [-0.39, 0.29) is 6.03 Å². The summed E-state index contributed by atoms with van der Waals surface area (Å²) < 4.78 is 0. The Labute approximate surface area is 98.6 Å². The fourth-order valence-corrected chi connectivity index (χ4v) is 2.65. The third-order valence-corrected chi connectivity index (χ3v) is 3.50. The number of hydrogen-bond acceptors (Lipinski definition) is 2. The lowest BCUT2D eigenvalue weighted by molar-refractivity contribution is 0.127. The van der Waals surface area contributed by atoms with E-state index in [4.69, 9.17) is 5.73 Å². The van der Waals surface area contributed by atoms with Gasteiger partial charge in [0.2, 0.25) is 0 Å². The maximum Gasteiger partial charge on any atom is 0.317 e. The molecule has 1 fully saturated rings. The summed E-state index contributed by atoms with van der Waals surface area (Å²) in [5.74, 6) is 0.483. The number of urea groups is 1. The van der Waals surface area contributed by atoms with Gasteiger partial charge in [-0.05, 0) is 39.2 Å². The first-order valence-corrected chi connectivity index (χ1v) is 6.49. The van der Waals surface area contributed by atoms with Crippen LogP contribution in [0.5, 0.6) is 0 Å². The molecule has 0 heterocycles. The summed E-state index contributed by atoms with van der Waals surface area (Å²) in [7, 11) is 0. The van der Waals surface area contributed by atoms with Gasteiger partial charge >= 0.3 is 6.03 Å². The van der Waals surface area contributed by atoms with Crippen molar-refractivity contribution in [2.75, 3.05) is 19.6 Å². The van der Waals surface area contributed by atoms with Crippen molar-refractivity contribution in [3.8, 4) is 0 Å². The van der Waals surface area contributed by atoms with Crippen molar-refractivity contribution >= 4 is 6.03 Å². The highest BCUT2D eigenvalue weighted by molar-refractivity contribution is 5.74. The molecule has 0 aliphatic heterocycles. The molecule has 0 radical (unpaired) electrons. The van der Waals surface area contributed by atoms with E-state index in [1.54, 1.807) is 0 Å². The van der Waals surface area contributed by atoms with Crippen molar-refractivity contribution in [3.63, 3.8) is 0 Å². The number of hydrogen-bond donors (Lipinski definition) is 2. The maximum absolute atomic E-state index is 11.9. The van der Waals surface area contributed by atoms with Crippen LogP contribution < -0.4 is 11.1 Å². The molecule has 2 amide bonds. The molecule has 4 heteroatoms. The average molecular weight is 227 g/mol. The molecule has 1 aliphatic carbocycles. The van der Waals surface area contributed by atoms with E-state index in [9.17, 15) is 4.79 Å². The number of carbonyl (C=O) groups excluding carboxylic acids is 1. The van der Waals surface area contributed by atoms with Gasteiger partial charge in [0.25, 0.3) is 0 Å². The maximum atomic E-state index is 11.9. The Hall–Kier alpha value is -0.770. The minimum Gasteiger partial charge on any atom is -0.338 e. The summed E-state index contributed by atoms with van der Waals surface area (Å²) in [6.07, 6.45) is 4.74. The predicted octanol–water partition coefficient (Wildman–Crippen LogP) is 1.56. The molecular weight excluding hydrogens is 202 g/mol. The van der Waals surface area contributed by atoms with Crippen molar-refractivity contribution in [2.45, 2.75) is 45.6 Å². The van der Waals surface area contributed by atoms with Gasteiger partial charge in [-0.2, -0.15) is 0 Å². The molecule has 2 atom stereocenters. The number of rotatable bonds is 4. The SMILES string of the molecule is CCNC(=O)N(CC)C1CCCCC1CN.